The molecule has 4 heterocycles. The summed E-state index contributed by atoms with van der Waals surface area (Å²) in [6.07, 6.45) is 13.3. The van der Waals surface area contributed by atoms with Gasteiger partial charge in [0, 0.05) is 48.6 Å². The molecule has 8 heteroatoms. The van der Waals surface area contributed by atoms with Gasteiger partial charge in [0.25, 0.3) is 0 Å². The van der Waals surface area contributed by atoms with Gasteiger partial charge in [-0.1, -0.05) is 12.1 Å². The average molecular weight is 540 g/mol. The maximum Gasteiger partial charge on any atom is 0.182 e. The molecule has 7 nitrogen and oxygen atoms in total. The van der Waals surface area contributed by atoms with Crippen LogP contribution >= 0.6 is 0 Å². The molecular formula is C32H38FN7. The number of pyridine rings is 1. The van der Waals surface area contributed by atoms with Crippen LogP contribution in [0.2, 0.25) is 0 Å². The summed E-state index contributed by atoms with van der Waals surface area (Å²) in [4.78, 5) is 15.2. The number of aromatic amines is 1. The molecule has 1 spiro atoms. The van der Waals surface area contributed by atoms with Crippen molar-refractivity contribution >= 4 is 16.6 Å². The topological polar surface area (TPSA) is 74.7 Å². The molecule has 4 aliphatic carbocycles. The first kappa shape index (κ1) is 24.5. The van der Waals surface area contributed by atoms with Crippen LogP contribution in [0.5, 0.6) is 0 Å². The number of alkyl halides is 1. The number of hydrogen-bond donors (Lipinski definition) is 2. The highest BCUT2D eigenvalue weighted by molar-refractivity contribution is 5.81. The summed E-state index contributed by atoms with van der Waals surface area (Å²) in [7, 11) is 0. The first-order valence-electron chi connectivity index (χ1n) is 15.0. The molecule has 3 aromatic heterocycles. The molecule has 0 radical (unpaired) electrons. The highest BCUT2D eigenvalue weighted by Crippen LogP contribution is 2.61. The van der Waals surface area contributed by atoms with E-state index in [1.54, 1.807) is 0 Å². The molecule has 0 amide bonds. The van der Waals surface area contributed by atoms with E-state index in [0.29, 0.717) is 29.7 Å². The number of hydrogen-bond acceptors (Lipinski definition) is 5. The van der Waals surface area contributed by atoms with E-state index >= 15 is 0 Å². The van der Waals surface area contributed by atoms with Crippen LogP contribution in [0.3, 0.4) is 0 Å². The number of rotatable bonds is 8. The van der Waals surface area contributed by atoms with Crippen LogP contribution in [0, 0.1) is 16.7 Å². The van der Waals surface area contributed by atoms with Crippen molar-refractivity contribution in [2.75, 3.05) is 18.0 Å². The Labute approximate surface area is 234 Å². The third-order valence-corrected chi connectivity index (χ3v) is 10.7. The van der Waals surface area contributed by atoms with E-state index in [-0.39, 0.29) is 5.41 Å². The van der Waals surface area contributed by atoms with Gasteiger partial charge in [-0.25, -0.2) is 14.1 Å². The molecule has 40 heavy (non-hydrogen) atoms. The van der Waals surface area contributed by atoms with E-state index in [9.17, 15) is 4.39 Å². The molecule has 1 aromatic carbocycles. The van der Waals surface area contributed by atoms with Crippen molar-refractivity contribution in [2.45, 2.75) is 77.2 Å². The highest BCUT2D eigenvalue weighted by atomic mass is 19.1. The van der Waals surface area contributed by atoms with Crippen molar-refractivity contribution in [3.05, 3.63) is 60.3 Å². The lowest BCUT2D eigenvalue weighted by molar-refractivity contribution is 0.0886. The van der Waals surface area contributed by atoms with Crippen LogP contribution < -0.4 is 10.2 Å². The fraction of sp³-hybridized carbons (Fsp3) is 0.531. The summed E-state index contributed by atoms with van der Waals surface area (Å²) >= 11 is 0. The van der Waals surface area contributed by atoms with E-state index in [1.807, 2.05) is 23.4 Å². The Balaban J connectivity index is 0.918. The van der Waals surface area contributed by atoms with Gasteiger partial charge in [0.1, 0.15) is 12.5 Å². The normalized spacial score (nSPS) is 27.3. The zero-order valence-electron chi connectivity index (χ0n) is 23.2. The molecular weight excluding hydrogens is 501 g/mol. The van der Waals surface area contributed by atoms with E-state index in [4.69, 9.17) is 5.10 Å². The van der Waals surface area contributed by atoms with Crippen molar-refractivity contribution in [1.82, 2.24) is 30.0 Å². The van der Waals surface area contributed by atoms with E-state index < -0.39 is 6.17 Å². The van der Waals surface area contributed by atoms with Gasteiger partial charge in [-0.15, -0.1) is 0 Å². The van der Waals surface area contributed by atoms with Crippen molar-refractivity contribution in [1.29, 1.82) is 0 Å². The van der Waals surface area contributed by atoms with Crippen LogP contribution in [0.15, 0.2) is 49.1 Å². The second-order valence-corrected chi connectivity index (χ2v) is 13.3. The highest BCUT2D eigenvalue weighted by Gasteiger charge is 2.58. The maximum atomic E-state index is 14.0. The zero-order valence-corrected chi connectivity index (χ0v) is 23.2. The summed E-state index contributed by atoms with van der Waals surface area (Å²) in [5.74, 6) is 1.03. The predicted molar refractivity (Wildman–Crippen MR) is 155 cm³/mol. The minimum absolute atomic E-state index is 0.171. The van der Waals surface area contributed by atoms with Crippen LogP contribution in [0.1, 0.15) is 63.1 Å². The third-order valence-electron chi connectivity index (χ3n) is 10.7. The van der Waals surface area contributed by atoms with Crippen molar-refractivity contribution in [2.24, 2.45) is 16.7 Å². The van der Waals surface area contributed by atoms with Crippen LogP contribution in [0.4, 0.5) is 10.1 Å². The predicted octanol–water partition coefficient (Wildman–Crippen LogP) is 5.87. The van der Waals surface area contributed by atoms with Crippen LogP contribution in [-0.2, 0) is 13.1 Å². The van der Waals surface area contributed by atoms with Gasteiger partial charge in [0.05, 0.1) is 18.4 Å². The van der Waals surface area contributed by atoms with Gasteiger partial charge >= 0.3 is 0 Å². The van der Waals surface area contributed by atoms with E-state index in [2.05, 4.69) is 62.4 Å². The van der Waals surface area contributed by atoms with Gasteiger partial charge < -0.3 is 15.2 Å². The summed E-state index contributed by atoms with van der Waals surface area (Å²) in [5, 5.41) is 9.66. The molecule has 2 N–H and O–H groups in total. The molecule has 4 aromatic rings. The number of nitrogens with zero attached hydrogens (tertiary/aromatic N) is 5. The quantitative estimate of drug-likeness (QED) is 0.293. The number of fused-ring (bicyclic) bond motifs is 2. The summed E-state index contributed by atoms with van der Waals surface area (Å²) < 4.78 is 15.9. The molecule has 4 saturated carbocycles. The largest absolute Gasteiger partial charge is 0.370 e. The zero-order chi connectivity index (χ0) is 26.9. The molecule has 5 fully saturated rings. The van der Waals surface area contributed by atoms with E-state index in [1.165, 1.54) is 42.3 Å². The lowest BCUT2D eigenvalue weighted by atomic mass is 9.65. The first-order chi connectivity index (χ1) is 19.5. The number of benzene rings is 1. The summed E-state index contributed by atoms with van der Waals surface area (Å²) in [6, 6.07) is 11.3. The van der Waals surface area contributed by atoms with Crippen molar-refractivity contribution in [3.63, 3.8) is 0 Å². The lowest BCUT2D eigenvalue weighted by Crippen LogP contribution is -2.46. The number of H-pyrrole nitrogens is 1. The summed E-state index contributed by atoms with van der Waals surface area (Å²) in [6.45, 7) is 5.89. The molecule has 2 unspecified atom stereocenters. The Morgan fingerprint density at radius 1 is 1.07 bits per heavy atom. The van der Waals surface area contributed by atoms with Crippen molar-refractivity contribution < 1.29 is 4.39 Å². The number of halogens is 1. The Morgan fingerprint density at radius 2 is 1.93 bits per heavy atom. The number of nitrogens with one attached hydrogen (secondary N) is 2. The Hall–Kier alpha value is -3.26. The smallest absolute Gasteiger partial charge is 0.182 e. The first-order valence-corrected chi connectivity index (χ1v) is 15.0. The van der Waals surface area contributed by atoms with Crippen LogP contribution in [0.25, 0.3) is 22.3 Å². The van der Waals surface area contributed by atoms with Crippen LogP contribution in [-0.4, -0.2) is 50.0 Å². The summed E-state index contributed by atoms with van der Waals surface area (Å²) in [5.41, 5.74) is 6.44. The Kier molecular flexibility index (Phi) is 5.60. The minimum atomic E-state index is -0.590. The minimum Gasteiger partial charge on any atom is -0.370 e. The Bertz CT molecular complexity index is 1540. The van der Waals surface area contributed by atoms with Gasteiger partial charge in [-0.05, 0) is 97.8 Å². The molecule has 208 valence electrons. The maximum absolute atomic E-state index is 14.0. The number of aromatic nitrogens is 5. The molecule has 1 saturated heterocycles. The molecule has 5 aliphatic rings. The molecule has 2 bridgehead atoms. The number of anilines is 1. The average Bonchev–Trinajstić information content (AvgIpc) is 3.32. The van der Waals surface area contributed by atoms with Crippen molar-refractivity contribution in [3.8, 4) is 11.4 Å². The fourth-order valence-electron chi connectivity index (χ4n) is 7.73. The number of piperidine rings is 1. The van der Waals surface area contributed by atoms with Gasteiger partial charge in [-0.2, -0.15) is 5.10 Å². The van der Waals surface area contributed by atoms with Gasteiger partial charge in [0.2, 0.25) is 0 Å². The Morgan fingerprint density at radius 3 is 2.70 bits per heavy atom. The monoisotopic (exact) mass is 539 g/mol. The van der Waals surface area contributed by atoms with Gasteiger partial charge in [0.15, 0.2) is 5.82 Å². The lowest BCUT2D eigenvalue weighted by Gasteiger charge is -2.43. The molecule has 1 aliphatic heterocycles. The third kappa shape index (κ3) is 4.31. The fourth-order valence-corrected chi connectivity index (χ4v) is 7.73. The standard InChI is InChI=1S/C32H38FN7/c1-21(32-13-25(14-32)28(33)15-32)35-17-26-11-23-3-2-22(10-29(23)37-26)19-40-20-36-30(38-40)24-12-27(18-34-16-24)39-8-6-31(4-5-31)7-9-39/h2-3,10-12,16,18,20-21,25,28,35,37H,4-9,13-15,17,19H2,1H3. The second kappa shape index (κ2) is 9.13. The van der Waals surface area contributed by atoms with Gasteiger partial charge in [-0.3, -0.25) is 4.98 Å². The second-order valence-electron chi connectivity index (χ2n) is 13.3. The SMILES string of the molecule is CC(NCc1cc2ccc(Cn3cnc(-c4cncc(N5CCC6(CC5)CC6)c4)n3)cc2[nH]1)C12CC(F)C(C1)C2. The van der Waals surface area contributed by atoms with E-state index in [0.717, 1.165) is 55.7 Å². The molecule has 2 atom stereocenters. The molecule has 9 rings (SSSR count).